The van der Waals surface area contributed by atoms with E-state index in [1.54, 1.807) is 0 Å². The Morgan fingerprint density at radius 2 is 1.08 bits per heavy atom. The monoisotopic (exact) mass is 768 g/mol. The highest BCUT2D eigenvalue weighted by molar-refractivity contribution is 6.26. The average molecular weight is 769 g/mol. The third-order valence-electron chi connectivity index (χ3n) is 12.6. The summed E-state index contributed by atoms with van der Waals surface area (Å²) in [5, 5.41) is 7.76. The molecule has 7 aromatic carbocycles. The smallest absolute Gasteiger partial charge is 0.156 e. The minimum absolute atomic E-state index is 0.344. The summed E-state index contributed by atoms with van der Waals surface area (Å²) in [5.41, 5.74) is 14.0. The zero-order valence-corrected chi connectivity index (χ0v) is 33.6. The van der Waals surface area contributed by atoms with E-state index in [9.17, 15) is 0 Å². The van der Waals surface area contributed by atoms with Gasteiger partial charge in [0.05, 0.1) is 11.4 Å². The molecule has 1 atom stereocenters. The first kappa shape index (κ1) is 36.0. The van der Waals surface area contributed by atoms with E-state index >= 15 is 0 Å². The Morgan fingerprint density at radius 3 is 1.85 bits per heavy atom. The van der Waals surface area contributed by atoms with Crippen molar-refractivity contribution in [3.05, 3.63) is 223 Å². The molecule has 60 heavy (non-hydrogen) atoms. The summed E-state index contributed by atoms with van der Waals surface area (Å²) in [6.45, 7) is 0. The number of hydrogen-bond acceptors (Lipinski definition) is 2. The van der Waals surface area contributed by atoms with Crippen LogP contribution in [-0.2, 0) is 0 Å². The van der Waals surface area contributed by atoms with Gasteiger partial charge in [0.1, 0.15) is 0 Å². The van der Waals surface area contributed by atoms with Crippen LogP contribution in [0.2, 0.25) is 0 Å². The molecule has 2 heteroatoms. The second-order valence-electron chi connectivity index (χ2n) is 16.2. The molecule has 1 aromatic heterocycles. The van der Waals surface area contributed by atoms with Crippen LogP contribution in [0.4, 0.5) is 0 Å². The van der Waals surface area contributed by atoms with Gasteiger partial charge in [-0.3, -0.25) is 0 Å². The van der Waals surface area contributed by atoms with E-state index in [1.807, 2.05) is 0 Å². The average Bonchev–Trinajstić information content (AvgIpc) is 3.34. The van der Waals surface area contributed by atoms with Gasteiger partial charge in [-0.1, -0.05) is 188 Å². The van der Waals surface area contributed by atoms with E-state index in [-0.39, 0.29) is 0 Å². The SMILES string of the molecule is C1=CCCC(C2C=CC=C(c3nc(-c4cccc(-c5ccccc5)c4)cc(-c4ccccc4C4=CCCC=C4c4ccc5c6ccccc6c6ccccc6c5c4)n3)C2)=C1. The van der Waals surface area contributed by atoms with E-state index in [0.29, 0.717) is 5.92 Å². The van der Waals surface area contributed by atoms with Gasteiger partial charge in [0.15, 0.2) is 5.82 Å². The summed E-state index contributed by atoms with van der Waals surface area (Å²) < 4.78 is 0. The molecule has 0 saturated heterocycles. The van der Waals surface area contributed by atoms with Gasteiger partial charge in [0.2, 0.25) is 0 Å². The van der Waals surface area contributed by atoms with Crippen molar-refractivity contribution in [3.63, 3.8) is 0 Å². The number of allylic oxidation sites excluding steroid dienone is 12. The molecule has 1 unspecified atom stereocenters. The van der Waals surface area contributed by atoms with Crippen LogP contribution in [0.5, 0.6) is 0 Å². The van der Waals surface area contributed by atoms with Crippen LogP contribution in [0.25, 0.3) is 82.7 Å². The largest absolute Gasteiger partial charge is 0.228 e. The molecular formula is C58H44N2. The molecule has 286 valence electrons. The van der Waals surface area contributed by atoms with Crippen LogP contribution in [0.3, 0.4) is 0 Å². The molecule has 3 aliphatic carbocycles. The van der Waals surface area contributed by atoms with Gasteiger partial charge in [-0.15, -0.1) is 0 Å². The number of nitrogens with zero attached hydrogens (tertiary/aromatic N) is 2. The first-order valence-electron chi connectivity index (χ1n) is 21.4. The van der Waals surface area contributed by atoms with Crippen LogP contribution in [0, 0.1) is 5.92 Å². The van der Waals surface area contributed by atoms with Crippen molar-refractivity contribution in [2.24, 2.45) is 5.92 Å². The first-order chi connectivity index (χ1) is 29.7. The molecule has 11 rings (SSSR count). The molecule has 8 aromatic rings. The van der Waals surface area contributed by atoms with E-state index in [4.69, 9.17) is 9.97 Å². The molecule has 0 radical (unpaired) electrons. The molecule has 0 fully saturated rings. The maximum atomic E-state index is 5.48. The quantitative estimate of drug-likeness (QED) is 0.151. The second kappa shape index (κ2) is 15.5. The van der Waals surface area contributed by atoms with E-state index in [2.05, 4.69) is 200 Å². The van der Waals surface area contributed by atoms with Crippen LogP contribution in [0.15, 0.2) is 206 Å². The van der Waals surface area contributed by atoms with Crippen LogP contribution in [-0.4, -0.2) is 9.97 Å². The Balaban J connectivity index is 1.04. The Bertz CT molecular complexity index is 3140. The predicted molar refractivity (Wildman–Crippen MR) is 254 cm³/mol. The highest BCUT2D eigenvalue weighted by atomic mass is 14.9. The number of fused-ring (bicyclic) bond motifs is 6. The molecule has 2 nitrogen and oxygen atoms in total. The third kappa shape index (κ3) is 6.65. The molecule has 3 aliphatic rings. The maximum Gasteiger partial charge on any atom is 0.156 e. The van der Waals surface area contributed by atoms with Crippen molar-refractivity contribution < 1.29 is 0 Å². The number of benzene rings is 7. The number of aromatic nitrogens is 2. The number of hydrogen-bond donors (Lipinski definition) is 0. The van der Waals surface area contributed by atoms with Crippen LogP contribution >= 0.6 is 0 Å². The normalized spacial score (nSPS) is 16.4. The van der Waals surface area contributed by atoms with Crippen molar-refractivity contribution in [1.82, 2.24) is 9.97 Å². The van der Waals surface area contributed by atoms with Crippen molar-refractivity contribution >= 4 is 49.0 Å². The maximum absolute atomic E-state index is 5.48. The fourth-order valence-corrected chi connectivity index (χ4v) is 9.62. The van der Waals surface area contributed by atoms with Gasteiger partial charge in [0.25, 0.3) is 0 Å². The lowest BCUT2D eigenvalue weighted by atomic mass is 9.83. The van der Waals surface area contributed by atoms with Crippen LogP contribution < -0.4 is 0 Å². The molecule has 0 saturated carbocycles. The standard InChI is InChI=1S/C58H44N2/c1-3-17-39(18-4-1)41-21-15-23-44(35-41)56-38-57(60-58(59-56)45-24-16-22-42(36-45)40-19-5-2-6-20-40)54-32-14-13-30-51(54)47-26-8-7-25-46(47)43-33-34-53-50-29-10-9-27-48(50)49-28-11-12-31-52(49)55(53)37-43/h1-5,9-19,21-35,37-38,42H,6-8,20,36H2. The summed E-state index contributed by atoms with van der Waals surface area (Å²) >= 11 is 0. The third-order valence-corrected chi connectivity index (χ3v) is 12.6. The van der Waals surface area contributed by atoms with Crippen molar-refractivity contribution in [2.75, 3.05) is 0 Å². The summed E-state index contributed by atoms with van der Waals surface area (Å²) in [6, 6.07) is 55.2. The fraction of sp³-hybridized carbons (Fsp3) is 0.103. The molecule has 0 amide bonds. The van der Waals surface area contributed by atoms with Gasteiger partial charge in [0, 0.05) is 17.0 Å². The summed E-state index contributed by atoms with van der Waals surface area (Å²) in [7, 11) is 0. The van der Waals surface area contributed by atoms with Gasteiger partial charge >= 0.3 is 0 Å². The lowest BCUT2D eigenvalue weighted by molar-refractivity contribution is 0.717. The van der Waals surface area contributed by atoms with Gasteiger partial charge in [-0.2, -0.15) is 0 Å². The number of rotatable bonds is 7. The first-order valence-corrected chi connectivity index (χ1v) is 21.4. The topological polar surface area (TPSA) is 25.8 Å². The Hall–Kier alpha value is -7.16. The molecule has 1 heterocycles. The fourth-order valence-electron chi connectivity index (χ4n) is 9.62. The van der Waals surface area contributed by atoms with E-state index in [1.165, 1.54) is 76.9 Å². The van der Waals surface area contributed by atoms with Gasteiger partial charge < -0.3 is 0 Å². The minimum atomic E-state index is 0.344. The molecule has 0 N–H and O–H groups in total. The van der Waals surface area contributed by atoms with Crippen molar-refractivity contribution in [3.8, 4) is 33.6 Å². The molecule has 0 bridgehead atoms. The van der Waals surface area contributed by atoms with E-state index < -0.39 is 0 Å². The Morgan fingerprint density at radius 1 is 0.433 bits per heavy atom. The summed E-state index contributed by atoms with van der Waals surface area (Å²) in [4.78, 5) is 10.9. The Labute approximate surface area is 352 Å². The Kier molecular flexibility index (Phi) is 9.32. The van der Waals surface area contributed by atoms with E-state index in [0.717, 1.165) is 60.4 Å². The highest BCUT2D eigenvalue weighted by Crippen LogP contribution is 2.43. The lowest BCUT2D eigenvalue weighted by Crippen LogP contribution is -2.09. The molecular weight excluding hydrogens is 725 g/mol. The predicted octanol–water partition coefficient (Wildman–Crippen LogP) is 15.4. The van der Waals surface area contributed by atoms with Gasteiger partial charge in [-0.25, -0.2) is 9.97 Å². The highest BCUT2D eigenvalue weighted by Gasteiger charge is 2.23. The van der Waals surface area contributed by atoms with Crippen LogP contribution in [0.1, 0.15) is 49.1 Å². The van der Waals surface area contributed by atoms with Crippen molar-refractivity contribution in [1.29, 1.82) is 0 Å². The van der Waals surface area contributed by atoms with Gasteiger partial charge in [-0.05, 0) is 122 Å². The molecule has 0 spiro atoms. The minimum Gasteiger partial charge on any atom is -0.228 e. The summed E-state index contributed by atoms with van der Waals surface area (Å²) in [6.07, 6.45) is 23.5. The molecule has 0 aliphatic heterocycles. The zero-order chi connectivity index (χ0) is 39.8. The zero-order valence-electron chi connectivity index (χ0n) is 33.6. The second-order valence-corrected chi connectivity index (χ2v) is 16.2. The van der Waals surface area contributed by atoms with Crippen molar-refractivity contribution in [2.45, 2.75) is 32.1 Å². The summed E-state index contributed by atoms with van der Waals surface area (Å²) in [5.74, 6) is 1.14. The lowest BCUT2D eigenvalue weighted by Gasteiger charge is -2.23.